The van der Waals surface area contributed by atoms with Crippen molar-refractivity contribution >= 4 is 12.0 Å². The largest absolute Gasteiger partial charge is 0.444 e. The van der Waals surface area contributed by atoms with E-state index in [0.29, 0.717) is 32.5 Å². The highest BCUT2D eigenvalue weighted by Crippen LogP contribution is 2.21. The van der Waals surface area contributed by atoms with Gasteiger partial charge in [0.15, 0.2) is 0 Å². The van der Waals surface area contributed by atoms with Gasteiger partial charge in [-0.2, -0.15) is 0 Å². The maximum atomic E-state index is 12.1. The third-order valence-electron chi connectivity index (χ3n) is 3.61. The first-order valence-electron chi connectivity index (χ1n) is 8.07. The van der Waals surface area contributed by atoms with E-state index in [9.17, 15) is 14.4 Å². The van der Waals surface area contributed by atoms with Crippen LogP contribution in [-0.2, 0) is 16.1 Å². The minimum absolute atomic E-state index is 0.189. The van der Waals surface area contributed by atoms with E-state index < -0.39 is 17.7 Å². The smallest absolute Gasteiger partial charge is 0.410 e. The molecule has 1 atom stereocenters. The third-order valence-corrected chi connectivity index (χ3v) is 3.61. The summed E-state index contributed by atoms with van der Waals surface area (Å²) in [6.45, 7) is 6.81. The van der Waals surface area contributed by atoms with Crippen molar-refractivity contribution < 1.29 is 14.3 Å². The van der Waals surface area contributed by atoms with Gasteiger partial charge < -0.3 is 10.1 Å². The average Bonchev–Trinajstić information content (AvgIpc) is 2.42. The molecule has 1 aromatic heterocycles. The van der Waals surface area contributed by atoms with E-state index in [0.717, 1.165) is 0 Å². The Hall–Kier alpha value is -2.38. The normalized spacial score (nSPS) is 17.1. The van der Waals surface area contributed by atoms with Crippen LogP contribution in [0.4, 0.5) is 4.79 Å². The summed E-state index contributed by atoms with van der Waals surface area (Å²) >= 11 is 0. The lowest BCUT2D eigenvalue weighted by atomic mass is 10.0. The summed E-state index contributed by atoms with van der Waals surface area (Å²) in [5, 5.41) is 2.80. The molecule has 1 aromatic rings. The number of nitrogens with one attached hydrogen (secondary N) is 1. The van der Waals surface area contributed by atoms with Gasteiger partial charge in [-0.3, -0.25) is 14.3 Å². The molecule has 0 aromatic carbocycles. The number of likely N-dealkylation sites (tertiary alicyclic amines) is 1. The lowest BCUT2D eigenvalue weighted by molar-refractivity contribution is -0.130. The second-order valence-corrected chi connectivity index (χ2v) is 6.72. The van der Waals surface area contributed by atoms with E-state index in [1.54, 1.807) is 33.0 Å². The highest BCUT2D eigenvalue weighted by atomic mass is 16.6. The zero-order chi connectivity index (χ0) is 17.7. The molecule has 1 aliphatic rings. The number of rotatable bonds is 5. The van der Waals surface area contributed by atoms with Crippen molar-refractivity contribution in [2.24, 2.45) is 0 Å². The van der Waals surface area contributed by atoms with Crippen LogP contribution in [-0.4, -0.2) is 51.2 Å². The molecule has 0 unspecified atom stereocenters. The van der Waals surface area contributed by atoms with Crippen molar-refractivity contribution in [2.45, 2.75) is 51.8 Å². The molecular weight excluding hydrogens is 312 g/mol. The van der Waals surface area contributed by atoms with Crippen LogP contribution in [0.2, 0.25) is 0 Å². The molecule has 8 heteroatoms. The number of ether oxygens (including phenoxy) is 1. The number of hydrogen-bond acceptors (Lipinski definition) is 5. The standard InChI is InChI=1S/C16H24N4O4/c1-16(2,3)24-15(23)20-11-6-12(20)13(21)17-7-4-9-19-10-5-8-18-14(19)22/h5,8,10,12H,4,6-7,9,11H2,1-3H3,(H,17,21)/t12-/m1/s1. The summed E-state index contributed by atoms with van der Waals surface area (Å²) in [6, 6.07) is 1.22. The van der Waals surface area contributed by atoms with Crippen LogP contribution in [0.5, 0.6) is 0 Å². The first-order chi connectivity index (χ1) is 11.3. The van der Waals surface area contributed by atoms with Crippen LogP contribution in [0.25, 0.3) is 0 Å². The highest BCUT2D eigenvalue weighted by molar-refractivity contribution is 5.87. The Kier molecular flexibility index (Phi) is 5.58. The molecule has 0 radical (unpaired) electrons. The number of nitrogens with zero attached hydrogens (tertiary/aromatic N) is 3. The molecule has 0 saturated carbocycles. The van der Waals surface area contributed by atoms with Gasteiger partial charge in [0.1, 0.15) is 11.6 Å². The monoisotopic (exact) mass is 336 g/mol. The molecule has 8 nitrogen and oxygen atoms in total. The second-order valence-electron chi connectivity index (χ2n) is 6.72. The zero-order valence-corrected chi connectivity index (χ0v) is 14.3. The summed E-state index contributed by atoms with van der Waals surface area (Å²) in [5.74, 6) is -0.189. The van der Waals surface area contributed by atoms with Gasteiger partial charge in [-0.25, -0.2) is 14.6 Å². The molecule has 2 rings (SSSR count). The highest BCUT2D eigenvalue weighted by Gasteiger charge is 2.39. The Morgan fingerprint density at radius 3 is 2.75 bits per heavy atom. The van der Waals surface area contributed by atoms with E-state index in [1.807, 2.05) is 0 Å². The number of aromatic nitrogens is 2. The quantitative estimate of drug-likeness (QED) is 0.801. The van der Waals surface area contributed by atoms with Crippen molar-refractivity contribution in [1.82, 2.24) is 19.8 Å². The van der Waals surface area contributed by atoms with Crippen LogP contribution >= 0.6 is 0 Å². The van der Waals surface area contributed by atoms with Crippen LogP contribution in [0.1, 0.15) is 33.6 Å². The summed E-state index contributed by atoms with van der Waals surface area (Å²) in [4.78, 5) is 40.7. The lowest BCUT2D eigenvalue weighted by Gasteiger charge is -2.40. The minimum atomic E-state index is -0.579. The van der Waals surface area contributed by atoms with Crippen LogP contribution < -0.4 is 11.0 Å². The predicted molar refractivity (Wildman–Crippen MR) is 87.5 cm³/mol. The van der Waals surface area contributed by atoms with E-state index in [1.165, 1.54) is 15.7 Å². The molecule has 0 bridgehead atoms. The lowest BCUT2D eigenvalue weighted by Crippen LogP contribution is -2.59. The number of carbonyl (C=O) groups is 2. The fourth-order valence-corrected chi connectivity index (χ4v) is 2.34. The molecule has 0 aliphatic carbocycles. The van der Waals surface area contributed by atoms with E-state index in [2.05, 4.69) is 10.3 Å². The number of hydrogen-bond donors (Lipinski definition) is 1. The molecule has 24 heavy (non-hydrogen) atoms. The summed E-state index contributed by atoms with van der Waals surface area (Å²) < 4.78 is 6.77. The maximum absolute atomic E-state index is 12.1. The molecule has 1 fully saturated rings. The molecule has 2 amide bonds. The first kappa shape index (κ1) is 18.0. The molecule has 1 saturated heterocycles. The Labute approximate surface area is 140 Å². The summed E-state index contributed by atoms with van der Waals surface area (Å²) in [6.07, 6.45) is 3.88. The van der Waals surface area contributed by atoms with Crippen molar-refractivity contribution in [1.29, 1.82) is 0 Å². The molecule has 1 aliphatic heterocycles. The average molecular weight is 336 g/mol. The molecule has 0 spiro atoms. The Balaban J connectivity index is 1.74. The molecular formula is C16H24N4O4. The minimum Gasteiger partial charge on any atom is -0.444 e. The van der Waals surface area contributed by atoms with Gasteiger partial charge in [-0.05, 0) is 39.7 Å². The Morgan fingerprint density at radius 2 is 2.17 bits per heavy atom. The molecule has 132 valence electrons. The number of aryl methyl sites for hydroxylation is 1. The van der Waals surface area contributed by atoms with Gasteiger partial charge in [0.2, 0.25) is 5.91 Å². The summed E-state index contributed by atoms with van der Waals surface area (Å²) in [5.41, 5.74) is -0.885. The third kappa shape index (κ3) is 4.81. The van der Waals surface area contributed by atoms with E-state index in [-0.39, 0.29) is 11.6 Å². The zero-order valence-electron chi connectivity index (χ0n) is 14.3. The Morgan fingerprint density at radius 1 is 1.42 bits per heavy atom. The maximum Gasteiger partial charge on any atom is 0.410 e. The molecule has 2 heterocycles. The van der Waals surface area contributed by atoms with Gasteiger partial charge >= 0.3 is 11.8 Å². The van der Waals surface area contributed by atoms with Gasteiger partial charge in [0, 0.05) is 32.0 Å². The van der Waals surface area contributed by atoms with Crippen molar-refractivity contribution in [2.75, 3.05) is 13.1 Å². The van der Waals surface area contributed by atoms with Crippen molar-refractivity contribution in [3.63, 3.8) is 0 Å². The van der Waals surface area contributed by atoms with Gasteiger partial charge in [0.05, 0.1) is 0 Å². The second kappa shape index (κ2) is 7.46. The van der Waals surface area contributed by atoms with Gasteiger partial charge in [-0.1, -0.05) is 0 Å². The first-order valence-corrected chi connectivity index (χ1v) is 8.07. The van der Waals surface area contributed by atoms with Crippen molar-refractivity contribution in [3.05, 3.63) is 28.9 Å². The van der Waals surface area contributed by atoms with E-state index in [4.69, 9.17) is 4.74 Å². The topological polar surface area (TPSA) is 93.5 Å². The van der Waals surface area contributed by atoms with Crippen LogP contribution in [0, 0.1) is 0 Å². The van der Waals surface area contributed by atoms with Crippen LogP contribution in [0.15, 0.2) is 23.3 Å². The molecule has 1 N–H and O–H groups in total. The van der Waals surface area contributed by atoms with Crippen LogP contribution in [0.3, 0.4) is 0 Å². The number of amides is 2. The van der Waals surface area contributed by atoms with Crippen molar-refractivity contribution in [3.8, 4) is 0 Å². The Bertz CT molecular complexity index is 650. The fraction of sp³-hybridized carbons (Fsp3) is 0.625. The predicted octanol–water partition coefficient (Wildman–Crippen LogP) is 0.759. The van der Waals surface area contributed by atoms with E-state index >= 15 is 0 Å². The fourth-order valence-electron chi connectivity index (χ4n) is 2.34. The summed E-state index contributed by atoms with van der Waals surface area (Å²) in [7, 11) is 0. The SMILES string of the molecule is CC(C)(C)OC(=O)N1CC[C@@H]1C(=O)NCCCn1cccnc1=O. The van der Waals surface area contributed by atoms with Gasteiger partial charge in [-0.15, -0.1) is 0 Å². The number of carbonyl (C=O) groups excluding carboxylic acids is 2. The van der Waals surface area contributed by atoms with Gasteiger partial charge in [0.25, 0.3) is 0 Å².